The number of thiophene rings is 1. The van der Waals surface area contributed by atoms with Gasteiger partial charge in [-0.15, -0.1) is 11.3 Å². The number of amides is 1. The number of carbonyl (C=O) groups is 2. The molecule has 0 aliphatic heterocycles. The summed E-state index contributed by atoms with van der Waals surface area (Å²) in [7, 11) is 0. The lowest BCUT2D eigenvalue weighted by molar-refractivity contribution is -0.139. The molecule has 0 spiro atoms. The van der Waals surface area contributed by atoms with Crippen molar-refractivity contribution in [3.8, 4) is 6.19 Å². The number of nitrogens with zero attached hydrogens (tertiary/aromatic N) is 2. The van der Waals surface area contributed by atoms with Crippen molar-refractivity contribution in [2.24, 2.45) is 10.7 Å². The van der Waals surface area contributed by atoms with E-state index in [9.17, 15) is 14.7 Å². The van der Waals surface area contributed by atoms with Crippen LogP contribution in [0.2, 0.25) is 0 Å². The summed E-state index contributed by atoms with van der Waals surface area (Å²) in [6, 6.07) is 22.7. The van der Waals surface area contributed by atoms with Gasteiger partial charge in [0.25, 0.3) is 5.91 Å². The highest BCUT2D eigenvalue weighted by molar-refractivity contribution is 7.14. The first-order valence-corrected chi connectivity index (χ1v) is 11.5. The number of nitriles is 1. The van der Waals surface area contributed by atoms with Gasteiger partial charge in [-0.1, -0.05) is 60.7 Å². The van der Waals surface area contributed by atoms with Gasteiger partial charge in [-0.25, -0.2) is 4.79 Å². The lowest BCUT2D eigenvalue weighted by Gasteiger charge is -2.17. The number of rotatable bonds is 10. The van der Waals surface area contributed by atoms with Gasteiger partial charge in [-0.05, 0) is 36.1 Å². The Morgan fingerprint density at radius 1 is 1.03 bits per heavy atom. The van der Waals surface area contributed by atoms with Crippen LogP contribution < -0.4 is 16.4 Å². The van der Waals surface area contributed by atoms with E-state index in [-0.39, 0.29) is 24.8 Å². The van der Waals surface area contributed by atoms with Crippen LogP contribution in [-0.2, 0) is 4.79 Å². The van der Waals surface area contributed by atoms with Gasteiger partial charge in [0.2, 0.25) is 5.96 Å². The normalized spacial score (nSPS) is 12.1. The summed E-state index contributed by atoms with van der Waals surface area (Å²) >= 11 is 1.35. The van der Waals surface area contributed by atoms with E-state index >= 15 is 0 Å². The molecule has 1 heterocycles. The molecule has 8 nitrogen and oxygen atoms in total. The summed E-state index contributed by atoms with van der Waals surface area (Å²) in [5.74, 6) is -1.62. The predicted molar refractivity (Wildman–Crippen MR) is 132 cm³/mol. The Morgan fingerprint density at radius 2 is 1.65 bits per heavy atom. The average molecular weight is 476 g/mol. The summed E-state index contributed by atoms with van der Waals surface area (Å²) in [5, 5.41) is 22.8. The number of carbonyl (C=O) groups excluding carboxylic acids is 1. The maximum Gasteiger partial charge on any atom is 0.326 e. The quantitative estimate of drug-likeness (QED) is 0.117. The second-order valence-corrected chi connectivity index (χ2v) is 8.58. The highest BCUT2D eigenvalue weighted by Gasteiger charge is 2.23. The maximum absolute atomic E-state index is 12.8. The Balaban J connectivity index is 1.72. The van der Waals surface area contributed by atoms with Gasteiger partial charge in [-0.2, -0.15) is 5.26 Å². The Hall–Kier alpha value is -4.16. The molecule has 5 N–H and O–H groups in total. The average Bonchev–Trinajstić information content (AvgIpc) is 3.32. The van der Waals surface area contributed by atoms with Crippen molar-refractivity contribution in [3.05, 3.63) is 93.7 Å². The van der Waals surface area contributed by atoms with Crippen molar-refractivity contribution in [2.45, 2.75) is 24.8 Å². The molecule has 1 aromatic heterocycles. The summed E-state index contributed by atoms with van der Waals surface area (Å²) in [4.78, 5) is 29.8. The summed E-state index contributed by atoms with van der Waals surface area (Å²) in [5.41, 5.74) is 7.68. The topological polar surface area (TPSA) is 141 Å². The van der Waals surface area contributed by atoms with E-state index in [4.69, 9.17) is 11.0 Å². The smallest absolute Gasteiger partial charge is 0.326 e. The predicted octanol–water partition coefficient (Wildman–Crippen LogP) is 3.28. The van der Waals surface area contributed by atoms with E-state index in [0.29, 0.717) is 11.3 Å². The SMILES string of the molecule is N#CNC(N)=NCCCC(NC(=O)c1ccc(C(c2ccccc2)c2ccccc2)s1)C(=O)O. The van der Waals surface area contributed by atoms with E-state index in [2.05, 4.69) is 39.9 Å². The van der Waals surface area contributed by atoms with Crippen LogP contribution in [-0.4, -0.2) is 35.5 Å². The van der Waals surface area contributed by atoms with E-state index in [1.165, 1.54) is 11.3 Å². The number of nitrogens with two attached hydrogens (primary N) is 1. The first-order chi connectivity index (χ1) is 16.5. The lowest BCUT2D eigenvalue weighted by atomic mass is 9.90. The van der Waals surface area contributed by atoms with Gasteiger partial charge in [-0.3, -0.25) is 15.1 Å². The van der Waals surface area contributed by atoms with Crippen LogP contribution in [0.4, 0.5) is 0 Å². The zero-order valence-corrected chi connectivity index (χ0v) is 19.2. The van der Waals surface area contributed by atoms with E-state index in [1.54, 1.807) is 12.3 Å². The fourth-order valence-electron chi connectivity index (χ4n) is 3.52. The summed E-state index contributed by atoms with van der Waals surface area (Å²) < 4.78 is 0. The molecule has 1 unspecified atom stereocenters. The molecule has 0 aliphatic rings. The highest BCUT2D eigenvalue weighted by atomic mass is 32.1. The summed E-state index contributed by atoms with van der Waals surface area (Å²) in [6.07, 6.45) is 2.21. The molecular formula is C25H25N5O3S. The molecule has 3 aromatic rings. The minimum atomic E-state index is -1.12. The van der Waals surface area contributed by atoms with E-state index in [0.717, 1.165) is 16.0 Å². The molecule has 0 saturated carbocycles. The van der Waals surface area contributed by atoms with Crippen LogP contribution in [0.15, 0.2) is 77.8 Å². The van der Waals surface area contributed by atoms with Crippen LogP contribution >= 0.6 is 11.3 Å². The van der Waals surface area contributed by atoms with Crippen molar-refractivity contribution < 1.29 is 14.7 Å². The van der Waals surface area contributed by atoms with Crippen molar-refractivity contribution in [1.82, 2.24) is 10.6 Å². The molecule has 34 heavy (non-hydrogen) atoms. The van der Waals surface area contributed by atoms with Crippen LogP contribution in [0, 0.1) is 11.5 Å². The number of aliphatic imine (C=N–C) groups is 1. The fraction of sp³-hybridized carbons (Fsp3) is 0.200. The highest BCUT2D eigenvalue weighted by Crippen LogP contribution is 2.36. The second-order valence-electron chi connectivity index (χ2n) is 7.47. The van der Waals surface area contributed by atoms with Crippen molar-refractivity contribution in [2.75, 3.05) is 6.54 Å². The number of carboxylic acid groups (broad SMARTS) is 1. The Morgan fingerprint density at radius 3 is 2.21 bits per heavy atom. The molecule has 0 bridgehead atoms. The number of aliphatic carboxylic acids is 1. The number of benzene rings is 2. The van der Waals surface area contributed by atoms with Crippen LogP contribution in [0.25, 0.3) is 0 Å². The van der Waals surface area contributed by atoms with E-state index in [1.807, 2.05) is 42.5 Å². The molecule has 2 aromatic carbocycles. The van der Waals surface area contributed by atoms with Gasteiger partial charge in [0.05, 0.1) is 4.88 Å². The van der Waals surface area contributed by atoms with Crippen LogP contribution in [0.5, 0.6) is 0 Å². The van der Waals surface area contributed by atoms with Crippen molar-refractivity contribution in [1.29, 1.82) is 5.26 Å². The van der Waals surface area contributed by atoms with Gasteiger partial charge in [0.1, 0.15) is 6.04 Å². The van der Waals surface area contributed by atoms with Gasteiger partial charge in [0, 0.05) is 17.3 Å². The zero-order valence-electron chi connectivity index (χ0n) is 18.3. The second kappa shape index (κ2) is 12.2. The number of carboxylic acids is 1. The van der Waals surface area contributed by atoms with Gasteiger partial charge >= 0.3 is 5.97 Å². The molecule has 0 fully saturated rings. The standard InChI is InChI=1S/C25H25N5O3S/c26-16-29-25(27)28-15-7-12-19(24(32)33)30-23(31)21-14-13-20(34-21)22(17-8-3-1-4-9-17)18-10-5-2-6-11-18/h1-6,8-11,13-14,19,22H,7,12,15H2,(H,30,31)(H,32,33)(H3,27,28,29). The molecular weight excluding hydrogens is 450 g/mol. The van der Waals surface area contributed by atoms with Crippen LogP contribution in [0.1, 0.15) is 44.4 Å². The third kappa shape index (κ3) is 6.67. The molecule has 0 radical (unpaired) electrons. The minimum Gasteiger partial charge on any atom is -0.480 e. The number of guanidine groups is 1. The number of hydrogen-bond acceptors (Lipinski definition) is 5. The Bertz CT molecular complexity index is 1130. The molecule has 3 rings (SSSR count). The zero-order chi connectivity index (χ0) is 24.3. The van der Waals surface area contributed by atoms with Crippen molar-refractivity contribution >= 4 is 29.2 Å². The largest absolute Gasteiger partial charge is 0.480 e. The molecule has 0 saturated heterocycles. The van der Waals surface area contributed by atoms with Gasteiger partial charge in [0.15, 0.2) is 6.19 Å². The third-order valence-electron chi connectivity index (χ3n) is 5.12. The molecule has 9 heteroatoms. The lowest BCUT2D eigenvalue weighted by Crippen LogP contribution is -2.40. The fourth-order valence-corrected chi connectivity index (χ4v) is 4.59. The minimum absolute atomic E-state index is 0.0316. The monoisotopic (exact) mass is 475 g/mol. The maximum atomic E-state index is 12.8. The van der Waals surface area contributed by atoms with Crippen molar-refractivity contribution in [3.63, 3.8) is 0 Å². The first-order valence-electron chi connectivity index (χ1n) is 10.7. The Kier molecular flexibility index (Phi) is 8.77. The third-order valence-corrected chi connectivity index (χ3v) is 6.27. The summed E-state index contributed by atoms with van der Waals surface area (Å²) in [6.45, 7) is 0.235. The molecule has 1 amide bonds. The van der Waals surface area contributed by atoms with E-state index < -0.39 is 17.9 Å². The van der Waals surface area contributed by atoms with Gasteiger partial charge < -0.3 is 16.2 Å². The Labute approximate surface area is 201 Å². The number of hydrogen-bond donors (Lipinski definition) is 4. The number of nitrogens with one attached hydrogen (secondary N) is 2. The molecule has 0 aliphatic carbocycles. The van der Waals surface area contributed by atoms with Crippen LogP contribution in [0.3, 0.4) is 0 Å². The molecule has 174 valence electrons. The first kappa shape index (κ1) is 24.5. The molecule has 1 atom stereocenters.